The number of hydrogen-bond donors (Lipinski definition) is 0. The molecule has 10 heteroatoms. The minimum absolute atomic E-state index is 0.289. The number of nitrogens with zero attached hydrogens (tertiary/aromatic N) is 6. The van der Waals surface area contributed by atoms with E-state index in [2.05, 4.69) is 61.4 Å². The van der Waals surface area contributed by atoms with Crippen LogP contribution in [0.5, 0.6) is 0 Å². The highest BCUT2D eigenvalue weighted by molar-refractivity contribution is 14.1. The zero-order chi connectivity index (χ0) is 32.3. The lowest BCUT2D eigenvalue weighted by atomic mass is 10.1. The van der Waals surface area contributed by atoms with E-state index in [-0.39, 0.29) is 4.90 Å². The maximum atomic E-state index is 13.4. The van der Waals surface area contributed by atoms with Crippen LogP contribution >= 0.6 is 22.6 Å². The Morgan fingerprint density at radius 2 is 1.70 bits per heavy atom. The standard InChI is InChI=1S/C36H31IN6O2S/c1-26-6-3-4-9-35(26)46(44,45)41(2)33-22-30-7-5-8-34(36(30)40-24-33)43-16-14-42(15-17-43)25-28-12-13-39-32(21-28)11-10-27-18-29(23-38)20-31(37)19-27/h3-9,12-13,18-22,24H,14-17,25H2,1-2H3. The van der Waals surface area contributed by atoms with E-state index in [1.54, 1.807) is 50.6 Å². The topological polar surface area (TPSA) is 93.4 Å². The Hall–Kier alpha value is -4.49. The number of fused-ring (bicyclic) bond motifs is 1. The minimum atomic E-state index is -3.72. The van der Waals surface area contributed by atoms with Gasteiger partial charge in [-0.1, -0.05) is 36.3 Å². The lowest BCUT2D eigenvalue weighted by Gasteiger charge is -2.36. The van der Waals surface area contributed by atoms with Gasteiger partial charge in [-0.05, 0) is 95.1 Å². The highest BCUT2D eigenvalue weighted by Crippen LogP contribution is 2.31. The number of anilines is 2. The molecule has 0 radical (unpaired) electrons. The number of sulfonamides is 1. The number of aromatic nitrogens is 2. The van der Waals surface area contributed by atoms with Crippen molar-refractivity contribution >= 4 is 54.9 Å². The van der Waals surface area contributed by atoms with Crippen molar-refractivity contribution in [2.75, 3.05) is 42.4 Å². The molecule has 1 aliphatic rings. The Morgan fingerprint density at radius 1 is 0.913 bits per heavy atom. The molecule has 1 aliphatic heterocycles. The van der Waals surface area contributed by atoms with Gasteiger partial charge in [0, 0.05) is 60.5 Å². The Balaban J connectivity index is 1.13. The first-order valence-electron chi connectivity index (χ1n) is 14.8. The predicted molar refractivity (Wildman–Crippen MR) is 190 cm³/mol. The van der Waals surface area contributed by atoms with Crippen molar-refractivity contribution in [1.82, 2.24) is 14.9 Å². The van der Waals surface area contributed by atoms with E-state index in [0.717, 1.165) is 64.0 Å². The molecule has 5 aromatic rings. The summed E-state index contributed by atoms with van der Waals surface area (Å²) in [5, 5.41) is 10.1. The van der Waals surface area contributed by atoms with Crippen molar-refractivity contribution in [3.8, 4) is 17.9 Å². The molecule has 0 saturated carbocycles. The Bertz CT molecular complexity index is 2140. The van der Waals surface area contributed by atoms with Gasteiger partial charge in [-0.2, -0.15) is 5.26 Å². The molecule has 0 atom stereocenters. The molecule has 8 nitrogen and oxygen atoms in total. The number of halogens is 1. The van der Waals surface area contributed by atoms with E-state index in [4.69, 9.17) is 4.98 Å². The molecule has 230 valence electrons. The normalized spacial score (nSPS) is 13.6. The van der Waals surface area contributed by atoms with E-state index in [1.807, 2.05) is 48.5 Å². The Labute approximate surface area is 283 Å². The SMILES string of the molecule is Cc1ccccc1S(=O)(=O)N(C)c1cnc2c(N3CCN(Cc4ccnc(C#Cc5cc(I)cc(C#N)c5)c4)CC3)cccc2c1. The summed E-state index contributed by atoms with van der Waals surface area (Å²) in [5.41, 5.74) is 6.37. The summed E-state index contributed by atoms with van der Waals surface area (Å²) in [6.07, 6.45) is 3.44. The van der Waals surface area contributed by atoms with Gasteiger partial charge in [0.25, 0.3) is 10.0 Å². The third kappa shape index (κ3) is 6.85. The Morgan fingerprint density at radius 3 is 2.48 bits per heavy atom. The zero-order valence-corrected chi connectivity index (χ0v) is 28.5. The van der Waals surface area contributed by atoms with Crippen LogP contribution in [0.25, 0.3) is 10.9 Å². The van der Waals surface area contributed by atoms with E-state index in [9.17, 15) is 13.7 Å². The molecule has 0 amide bonds. The number of pyridine rings is 2. The molecule has 6 rings (SSSR count). The number of aryl methyl sites for hydroxylation is 1. The number of piperazine rings is 1. The van der Waals surface area contributed by atoms with Crippen LogP contribution in [-0.4, -0.2) is 56.5 Å². The molecule has 46 heavy (non-hydrogen) atoms. The second-order valence-electron chi connectivity index (χ2n) is 11.2. The maximum Gasteiger partial charge on any atom is 0.264 e. The summed E-state index contributed by atoms with van der Waals surface area (Å²) in [7, 11) is -2.15. The van der Waals surface area contributed by atoms with E-state index in [1.165, 1.54) is 4.31 Å². The lowest BCUT2D eigenvalue weighted by Crippen LogP contribution is -2.46. The van der Waals surface area contributed by atoms with Gasteiger partial charge in [-0.15, -0.1) is 0 Å². The predicted octanol–water partition coefficient (Wildman–Crippen LogP) is 5.96. The van der Waals surface area contributed by atoms with Crippen LogP contribution in [0.1, 0.15) is 27.9 Å². The van der Waals surface area contributed by atoms with Crippen molar-refractivity contribution in [3.05, 3.63) is 123 Å². The minimum Gasteiger partial charge on any atom is -0.367 e. The number of nitriles is 1. The fourth-order valence-corrected chi connectivity index (χ4v) is 7.67. The smallest absolute Gasteiger partial charge is 0.264 e. The molecule has 0 spiro atoms. The monoisotopic (exact) mass is 738 g/mol. The van der Waals surface area contributed by atoms with Crippen LogP contribution in [0, 0.1) is 33.7 Å². The molecule has 0 bridgehead atoms. The average molecular weight is 739 g/mol. The zero-order valence-electron chi connectivity index (χ0n) is 25.5. The van der Waals surface area contributed by atoms with Crippen LogP contribution in [-0.2, 0) is 16.6 Å². The molecule has 3 aromatic carbocycles. The van der Waals surface area contributed by atoms with E-state index in [0.29, 0.717) is 22.5 Å². The number of para-hydroxylation sites is 1. The van der Waals surface area contributed by atoms with Crippen LogP contribution < -0.4 is 9.21 Å². The van der Waals surface area contributed by atoms with Gasteiger partial charge >= 0.3 is 0 Å². The van der Waals surface area contributed by atoms with Crippen LogP contribution in [0.15, 0.2) is 96.2 Å². The molecule has 2 aromatic heterocycles. The van der Waals surface area contributed by atoms with Gasteiger partial charge in [0.15, 0.2) is 0 Å². The first-order chi connectivity index (χ1) is 22.2. The molecule has 0 aliphatic carbocycles. The summed E-state index contributed by atoms with van der Waals surface area (Å²) in [5.74, 6) is 6.29. The summed E-state index contributed by atoms with van der Waals surface area (Å²) < 4.78 is 29.0. The largest absolute Gasteiger partial charge is 0.367 e. The highest BCUT2D eigenvalue weighted by atomic mass is 127. The van der Waals surface area contributed by atoms with Crippen molar-refractivity contribution in [3.63, 3.8) is 0 Å². The van der Waals surface area contributed by atoms with Crippen molar-refractivity contribution in [1.29, 1.82) is 5.26 Å². The van der Waals surface area contributed by atoms with Crippen molar-refractivity contribution in [2.45, 2.75) is 18.4 Å². The number of benzene rings is 3. The Kier molecular flexibility index (Phi) is 9.22. The quantitative estimate of drug-likeness (QED) is 0.157. The van der Waals surface area contributed by atoms with E-state index < -0.39 is 10.0 Å². The molecule has 0 unspecified atom stereocenters. The second kappa shape index (κ2) is 13.5. The fraction of sp³-hybridized carbons (Fsp3) is 0.194. The van der Waals surface area contributed by atoms with Gasteiger partial charge in [-0.3, -0.25) is 14.2 Å². The van der Waals surface area contributed by atoms with Gasteiger partial charge in [0.05, 0.1) is 39.6 Å². The molecule has 1 saturated heterocycles. The first kappa shape index (κ1) is 31.5. The van der Waals surface area contributed by atoms with Gasteiger partial charge in [-0.25, -0.2) is 13.4 Å². The maximum absolute atomic E-state index is 13.4. The number of rotatable bonds is 6. The second-order valence-corrected chi connectivity index (χ2v) is 14.4. The van der Waals surface area contributed by atoms with Gasteiger partial charge < -0.3 is 4.90 Å². The first-order valence-corrected chi connectivity index (χ1v) is 17.3. The molecular formula is C36H31IN6O2S. The van der Waals surface area contributed by atoms with Gasteiger partial charge in [0.1, 0.15) is 5.69 Å². The summed E-state index contributed by atoms with van der Waals surface area (Å²) in [4.78, 5) is 14.2. The van der Waals surface area contributed by atoms with Crippen LogP contribution in [0.3, 0.4) is 0 Å². The van der Waals surface area contributed by atoms with Crippen LogP contribution in [0.4, 0.5) is 11.4 Å². The highest BCUT2D eigenvalue weighted by Gasteiger charge is 2.24. The third-order valence-electron chi connectivity index (χ3n) is 8.08. The average Bonchev–Trinajstić information content (AvgIpc) is 3.07. The number of hydrogen-bond acceptors (Lipinski definition) is 7. The van der Waals surface area contributed by atoms with Crippen molar-refractivity contribution < 1.29 is 8.42 Å². The summed E-state index contributed by atoms with van der Waals surface area (Å²) in [6.45, 7) is 6.05. The fourth-order valence-electron chi connectivity index (χ4n) is 5.60. The summed E-state index contributed by atoms with van der Waals surface area (Å²) >= 11 is 2.19. The molecule has 3 heterocycles. The van der Waals surface area contributed by atoms with Crippen molar-refractivity contribution in [2.24, 2.45) is 0 Å². The summed E-state index contributed by atoms with van der Waals surface area (Å²) in [6, 6.07) is 26.8. The van der Waals surface area contributed by atoms with Crippen LogP contribution in [0.2, 0.25) is 0 Å². The van der Waals surface area contributed by atoms with Gasteiger partial charge in [0.2, 0.25) is 0 Å². The van der Waals surface area contributed by atoms with E-state index >= 15 is 0 Å². The molecular weight excluding hydrogens is 707 g/mol. The third-order valence-corrected chi connectivity index (χ3v) is 10.6. The molecule has 1 fully saturated rings. The molecule has 0 N–H and O–H groups in total. The lowest BCUT2D eigenvalue weighted by molar-refractivity contribution is 0.250.